The van der Waals surface area contributed by atoms with Gasteiger partial charge >= 0.3 is 6.18 Å². The van der Waals surface area contributed by atoms with E-state index in [1.54, 1.807) is 12.1 Å². The van der Waals surface area contributed by atoms with Gasteiger partial charge in [-0.15, -0.1) is 10.2 Å². The molecule has 0 radical (unpaired) electrons. The first-order valence-corrected chi connectivity index (χ1v) is 8.37. The Morgan fingerprint density at radius 2 is 1.92 bits per heavy atom. The van der Waals surface area contributed by atoms with Crippen molar-refractivity contribution in [1.82, 2.24) is 10.2 Å². The van der Waals surface area contributed by atoms with Gasteiger partial charge in [-0.2, -0.15) is 13.2 Å². The highest BCUT2D eigenvalue weighted by atomic mass is 35.5. The summed E-state index contributed by atoms with van der Waals surface area (Å²) in [6, 6.07) is 6.65. The molecule has 0 spiro atoms. The van der Waals surface area contributed by atoms with E-state index in [9.17, 15) is 18.0 Å². The first-order chi connectivity index (χ1) is 12.2. The van der Waals surface area contributed by atoms with Gasteiger partial charge < -0.3 is 10.2 Å². The van der Waals surface area contributed by atoms with E-state index in [0.717, 1.165) is 6.07 Å². The minimum atomic E-state index is -4.57. The van der Waals surface area contributed by atoms with Crippen molar-refractivity contribution in [3.8, 4) is 0 Å². The van der Waals surface area contributed by atoms with Gasteiger partial charge in [-0.05, 0) is 36.8 Å². The van der Waals surface area contributed by atoms with Gasteiger partial charge in [0.1, 0.15) is 0 Å². The maximum Gasteiger partial charge on any atom is 0.435 e. The Morgan fingerprint density at radius 1 is 1.19 bits per heavy atom. The van der Waals surface area contributed by atoms with Crippen molar-refractivity contribution in [2.24, 2.45) is 0 Å². The Balaban J connectivity index is 2.12. The fourth-order valence-electron chi connectivity index (χ4n) is 2.15. The molecule has 1 heterocycles. The van der Waals surface area contributed by atoms with E-state index in [4.69, 9.17) is 23.2 Å². The standard InChI is InChI=1S/C16H15Cl2F3N4O/c1-2-7-25(14-6-5-13(23-24-14)16(19,20)21)9-15(26)22-12-8-10(17)3-4-11(12)18/h3-6,8H,2,7,9H2,1H3,(H,22,26). The summed E-state index contributed by atoms with van der Waals surface area (Å²) in [4.78, 5) is 13.8. The monoisotopic (exact) mass is 406 g/mol. The lowest BCUT2D eigenvalue weighted by molar-refractivity contribution is -0.141. The van der Waals surface area contributed by atoms with E-state index < -0.39 is 17.8 Å². The van der Waals surface area contributed by atoms with Crippen molar-refractivity contribution in [3.05, 3.63) is 46.1 Å². The topological polar surface area (TPSA) is 58.1 Å². The van der Waals surface area contributed by atoms with Crippen LogP contribution in [0.2, 0.25) is 10.0 Å². The first-order valence-electron chi connectivity index (χ1n) is 7.61. The third kappa shape index (κ3) is 5.47. The van der Waals surface area contributed by atoms with E-state index in [1.165, 1.54) is 17.0 Å². The van der Waals surface area contributed by atoms with Crippen LogP contribution in [-0.2, 0) is 11.0 Å². The van der Waals surface area contributed by atoms with Crippen LogP contribution in [0.3, 0.4) is 0 Å². The number of carbonyl (C=O) groups is 1. The van der Waals surface area contributed by atoms with Gasteiger partial charge in [0.25, 0.3) is 0 Å². The molecule has 0 aliphatic carbocycles. The van der Waals surface area contributed by atoms with Crippen molar-refractivity contribution >= 4 is 40.6 Å². The summed E-state index contributed by atoms with van der Waals surface area (Å²) in [5.74, 6) is -0.239. The zero-order valence-electron chi connectivity index (χ0n) is 13.6. The predicted molar refractivity (Wildman–Crippen MR) is 94.6 cm³/mol. The van der Waals surface area contributed by atoms with Gasteiger partial charge in [-0.25, -0.2) is 0 Å². The van der Waals surface area contributed by atoms with Crippen LogP contribution >= 0.6 is 23.2 Å². The van der Waals surface area contributed by atoms with Gasteiger partial charge in [0, 0.05) is 11.6 Å². The van der Waals surface area contributed by atoms with Gasteiger partial charge in [0.05, 0.1) is 17.3 Å². The summed E-state index contributed by atoms with van der Waals surface area (Å²) in [6.07, 6.45) is -3.91. The quantitative estimate of drug-likeness (QED) is 0.757. The summed E-state index contributed by atoms with van der Waals surface area (Å²) in [7, 11) is 0. The average Bonchev–Trinajstić information content (AvgIpc) is 2.57. The summed E-state index contributed by atoms with van der Waals surface area (Å²) >= 11 is 11.9. The minimum absolute atomic E-state index is 0.128. The number of anilines is 2. The number of nitrogens with zero attached hydrogens (tertiary/aromatic N) is 3. The molecule has 1 amide bonds. The number of aromatic nitrogens is 2. The smallest absolute Gasteiger partial charge is 0.346 e. The van der Waals surface area contributed by atoms with Crippen LogP contribution in [0.4, 0.5) is 24.7 Å². The van der Waals surface area contributed by atoms with Gasteiger partial charge in [-0.3, -0.25) is 4.79 Å². The number of alkyl halides is 3. The molecule has 0 unspecified atom stereocenters. The Kier molecular flexibility index (Phi) is 6.66. The van der Waals surface area contributed by atoms with E-state index in [0.29, 0.717) is 28.7 Å². The number of halogens is 5. The Hall–Kier alpha value is -2.06. The highest BCUT2D eigenvalue weighted by Gasteiger charge is 2.33. The zero-order chi connectivity index (χ0) is 19.3. The lowest BCUT2D eigenvalue weighted by Gasteiger charge is -2.22. The highest BCUT2D eigenvalue weighted by Crippen LogP contribution is 2.28. The molecule has 26 heavy (non-hydrogen) atoms. The third-order valence-corrected chi connectivity index (χ3v) is 3.86. The molecule has 2 aromatic rings. The van der Waals surface area contributed by atoms with Crippen LogP contribution in [0, 0.1) is 0 Å². The molecule has 0 atom stereocenters. The highest BCUT2D eigenvalue weighted by molar-refractivity contribution is 6.35. The van der Waals surface area contributed by atoms with Crippen LogP contribution in [-0.4, -0.2) is 29.2 Å². The van der Waals surface area contributed by atoms with Crippen molar-refractivity contribution in [1.29, 1.82) is 0 Å². The van der Waals surface area contributed by atoms with Crippen LogP contribution in [0.25, 0.3) is 0 Å². The van der Waals surface area contributed by atoms with E-state index in [-0.39, 0.29) is 12.4 Å². The van der Waals surface area contributed by atoms with Crippen LogP contribution in [0.15, 0.2) is 30.3 Å². The molecule has 0 saturated heterocycles. The summed E-state index contributed by atoms with van der Waals surface area (Å²) in [5, 5.41) is 10.1. The minimum Gasteiger partial charge on any atom is -0.346 e. The van der Waals surface area contributed by atoms with Crippen molar-refractivity contribution in [2.45, 2.75) is 19.5 Å². The molecule has 0 bridgehead atoms. The normalized spacial score (nSPS) is 11.3. The van der Waals surface area contributed by atoms with Crippen LogP contribution in [0.5, 0.6) is 0 Å². The molecule has 0 fully saturated rings. The molecule has 2 rings (SSSR count). The Bertz CT molecular complexity index is 769. The number of hydrogen-bond acceptors (Lipinski definition) is 4. The summed E-state index contributed by atoms with van der Waals surface area (Å²) in [6.45, 7) is 2.16. The third-order valence-electron chi connectivity index (χ3n) is 3.30. The second-order valence-corrected chi connectivity index (χ2v) is 6.21. The molecular weight excluding hydrogens is 392 g/mol. The largest absolute Gasteiger partial charge is 0.435 e. The van der Waals surface area contributed by atoms with Gasteiger partial charge in [-0.1, -0.05) is 30.1 Å². The number of rotatable bonds is 6. The molecule has 140 valence electrons. The van der Waals surface area contributed by atoms with Crippen molar-refractivity contribution in [2.75, 3.05) is 23.3 Å². The second-order valence-electron chi connectivity index (χ2n) is 5.37. The van der Waals surface area contributed by atoms with Gasteiger partial charge in [0.2, 0.25) is 5.91 Å². The zero-order valence-corrected chi connectivity index (χ0v) is 15.2. The van der Waals surface area contributed by atoms with Gasteiger partial charge in [0.15, 0.2) is 11.5 Å². The SMILES string of the molecule is CCCN(CC(=O)Nc1cc(Cl)ccc1Cl)c1ccc(C(F)(F)F)nn1. The Morgan fingerprint density at radius 3 is 2.50 bits per heavy atom. The molecule has 1 N–H and O–H groups in total. The molecule has 0 aliphatic rings. The fourth-order valence-corrected chi connectivity index (χ4v) is 2.48. The van der Waals surface area contributed by atoms with Crippen molar-refractivity contribution < 1.29 is 18.0 Å². The summed E-state index contributed by atoms with van der Waals surface area (Å²) < 4.78 is 37.8. The van der Waals surface area contributed by atoms with E-state index in [2.05, 4.69) is 15.5 Å². The van der Waals surface area contributed by atoms with Crippen LogP contribution in [0.1, 0.15) is 19.0 Å². The Labute approximate surface area is 158 Å². The predicted octanol–water partition coefficient (Wildman–Crippen LogP) is 4.66. The fraction of sp³-hybridized carbons (Fsp3) is 0.312. The lowest BCUT2D eigenvalue weighted by atomic mass is 10.3. The molecule has 1 aromatic heterocycles. The molecule has 0 aliphatic heterocycles. The number of amides is 1. The molecule has 5 nitrogen and oxygen atoms in total. The van der Waals surface area contributed by atoms with Crippen molar-refractivity contribution in [3.63, 3.8) is 0 Å². The molecule has 0 saturated carbocycles. The maximum atomic E-state index is 12.6. The summed E-state index contributed by atoms with van der Waals surface area (Å²) in [5.41, 5.74) is -0.744. The van der Waals surface area contributed by atoms with Crippen LogP contribution < -0.4 is 10.2 Å². The lowest BCUT2D eigenvalue weighted by Crippen LogP contribution is -2.34. The number of benzene rings is 1. The number of hydrogen-bond donors (Lipinski definition) is 1. The number of nitrogens with one attached hydrogen (secondary N) is 1. The average molecular weight is 407 g/mol. The molecule has 1 aromatic carbocycles. The second kappa shape index (κ2) is 8.55. The first kappa shape index (κ1) is 20.3. The maximum absolute atomic E-state index is 12.6. The molecule has 10 heteroatoms. The number of carbonyl (C=O) groups excluding carboxylic acids is 1. The van der Waals surface area contributed by atoms with E-state index in [1.807, 2.05) is 6.92 Å². The van der Waals surface area contributed by atoms with E-state index >= 15 is 0 Å². The molecular formula is C16H15Cl2F3N4O.